The maximum absolute atomic E-state index is 13.3. The lowest BCUT2D eigenvalue weighted by atomic mass is 10.0. The Morgan fingerprint density at radius 3 is 2.35 bits per heavy atom. The third-order valence-electron chi connectivity index (χ3n) is 2.33. The topological polar surface area (TPSA) is 23.8 Å². The predicted octanol–water partition coefficient (Wildman–Crippen LogP) is 4.67. The highest BCUT2D eigenvalue weighted by Gasteiger charge is 2.07. The number of nitriles is 1. The van der Waals surface area contributed by atoms with Crippen LogP contribution >= 0.6 is 23.2 Å². The molecule has 0 unspecified atom stereocenters. The average Bonchev–Trinajstić information content (AvgIpc) is 2.33. The standard InChI is InChI=1S/C13H6Cl2FN/c14-11-3-1-8(7-17)5-10(11)9-2-4-12(15)13(16)6-9/h1-6H. The third kappa shape index (κ3) is 2.41. The SMILES string of the molecule is N#Cc1ccc(Cl)c(-c2ccc(Cl)c(F)c2)c1. The fraction of sp³-hybridized carbons (Fsp3) is 0. The van der Waals surface area contributed by atoms with Gasteiger partial charge in [-0.2, -0.15) is 5.26 Å². The predicted molar refractivity (Wildman–Crippen MR) is 66.6 cm³/mol. The Kier molecular flexibility index (Phi) is 3.33. The number of benzene rings is 2. The second-order valence-corrected chi connectivity index (χ2v) is 4.25. The van der Waals surface area contributed by atoms with E-state index in [2.05, 4.69) is 0 Å². The smallest absolute Gasteiger partial charge is 0.142 e. The van der Waals surface area contributed by atoms with E-state index in [0.29, 0.717) is 21.7 Å². The maximum Gasteiger partial charge on any atom is 0.142 e. The van der Waals surface area contributed by atoms with Gasteiger partial charge in [0, 0.05) is 10.6 Å². The fourth-order valence-electron chi connectivity index (χ4n) is 1.48. The number of rotatable bonds is 1. The quantitative estimate of drug-likeness (QED) is 0.735. The molecule has 0 atom stereocenters. The van der Waals surface area contributed by atoms with Crippen LogP contribution in [-0.2, 0) is 0 Å². The summed E-state index contributed by atoms with van der Waals surface area (Å²) in [5.74, 6) is -0.511. The first-order valence-corrected chi connectivity index (χ1v) is 5.52. The minimum atomic E-state index is -0.511. The first kappa shape index (κ1) is 11.9. The Morgan fingerprint density at radius 2 is 1.71 bits per heavy atom. The molecule has 0 aliphatic carbocycles. The molecular formula is C13H6Cl2FN. The van der Waals surface area contributed by atoms with Gasteiger partial charge in [-0.3, -0.25) is 0 Å². The molecule has 0 radical (unpaired) electrons. The van der Waals surface area contributed by atoms with Crippen molar-refractivity contribution in [2.24, 2.45) is 0 Å². The van der Waals surface area contributed by atoms with Gasteiger partial charge in [0.05, 0.1) is 16.7 Å². The van der Waals surface area contributed by atoms with Crippen molar-refractivity contribution in [2.75, 3.05) is 0 Å². The van der Waals surface area contributed by atoms with Gasteiger partial charge in [0.2, 0.25) is 0 Å². The summed E-state index contributed by atoms with van der Waals surface area (Å²) in [4.78, 5) is 0. The van der Waals surface area contributed by atoms with Crippen LogP contribution in [0.4, 0.5) is 4.39 Å². The summed E-state index contributed by atoms with van der Waals surface area (Å²) >= 11 is 11.6. The van der Waals surface area contributed by atoms with Gasteiger partial charge in [-0.05, 0) is 35.9 Å². The number of hydrogen-bond acceptors (Lipinski definition) is 1. The molecule has 0 aromatic heterocycles. The van der Waals surface area contributed by atoms with Gasteiger partial charge in [0.15, 0.2) is 0 Å². The molecule has 0 fully saturated rings. The molecule has 0 saturated carbocycles. The zero-order valence-electron chi connectivity index (χ0n) is 8.55. The monoisotopic (exact) mass is 265 g/mol. The fourth-order valence-corrected chi connectivity index (χ4v) is 1.82. The summed E-state index contributed by atoms with van der Waals surface area (Å²) in [5.41, 5.74) is 1.68. The molecule has 2 aromatic carbocycles. The lowest BCUT2D eigenvalue weighted by Crippen LogP contribution is -1.85. The molecule has 0 amide bonds. The van der Waals surface area contributed by atoms with E-state index in [1.54, 1.807) is 24.3 Å². The molecule has 84 valence electrons. The first-order valence-electron chi connectivity index (χ1n) is 4.77. The Morgan fingerprint density at radius 1 is 1.00 bits per heavy atom. The van der Waals surface area contributed by atoms with E-state index in [-0.39, 0.29) is 5.02 Å². The van der Waals surface area contributed by atoms with Crippen molar-refractivity contribution in [3.05, 3.63) is 57.8 Å². The van der Waals surface area contributed by atoms with E-state index < -0.39 is 5.82 Å². The summed E-state index contributed by atoms with van der Waals surface area (Å²) in [6, 6.07) is 11.3. The normalized spacial score (nSPS) is 10.0. The Bertz CT molecular complexity index is 617. The lowest BCUT2D eigenvalue weighted by Gasteiger charge is -2.05. The molecule has 0 spiro atoms. The van der Waals surface area contributed by atoms with Gasteiger partial charge < -0.3 is 0 Å². The maximum atomic E-state index is 13.3. The van der Waals surface area contributed by atoms with Crippen LogP contribution in [0.25, 0.3) is 11.1 Å². The molecule has 1 nitrogen and oxygen atoms in total. The molecule has 0 N–H and O–H groups in total. The van der Waals surface area contributed by atoms with Crippen molar-refractivity contribution in [2.45, 2.75) is 0 Å². The second kappa shape index (κ2) is 4.75. The zero-order chi connectivity index (χ0) is 12.4. The highest BCUT2D eigenvalue weighted by Crippen LogP contribution is 2.30. The Hall–Kier alpha value is -1.56. The summed E-state index contributed by atoms with van der Waals surface area (Å²) in [5, 5.41) is 9.33. The molecule has 0 aliphatic heterocycles. The van der Waals surface area contributed by atoms with Crippen molar-refractivity contribution in [1.29, 1.82) is 5.26 Å². The van der Waals surface area contributed by atoms with Crippen LogP contribution in [0, 0.1) is 17.1 Å². The van der Waals surface area contributed by atoms with E-state index in [9.17, 15) is 4.39 Å². The molecule has 0 aliphatic rings. The number of nitrogens with zero attached hydrogens (tertiary/aromatic N) is 1. The van der Waals surface area contributed by atoms with E-state index in [0.717, 1.165) is 0 Å². The highest BCUT2D eigenvalue weighted by molar-refractivity contribution is 6.33. The lowest BCUT2D eigenvalue weighted by molar-refractivity contribution is 0.629. The van der Waals surface area contributed by atoms with Gasteiger partial charge in [0.1, 0.15) is 5.82 Å². The van der Waals surface area contributed by atoms with Gasteiger partial charge in [-0.1, -0.05) is 29.3 Å². The van der Waals surface area contributed by atoms with Crippen molar-refractivity contribution >= 4 is 23.2 Å². The van der Waals surface area contributed by atoms with Gasteiger partial charge in [-0.15, -0.1) is 0 Å². The van der Waals surface area contributed by atoms with Crippen molar-refractivity contribution in [1.82, 2.24) is 0 Å². The van der Waals surface area contributed by atoms with Crippen LogP contribution in [0.5, 0.6) is 0 Å². The Balaban J connectivity index is 2.60. The molecule has 2 aromatic rings. The van der Waals surface area contributed by atoms with E-state index in [1.165, 1.54) is 12.1 Å². The van der Waals surface area contributed by atoms with E-state index >= 15 is 0 Å². The summed E-state index contributed by atoms with van der Waals surface area (Å²) in [6.07, 6.45) is 0. The first-order chi connectivity index (χ1) is 8.11. The van der Waals surface area contributed by atoms with E-state index in [1.807, 2.05) is 6.07 Å². The minimum Gasteiger partial charge on any atom is -0.205 e. The molecule has 2 rings (SSSR count). The van der Waals surface area contributed by atoms with Crippen molar-refractivity contribution in [3.63, 3.8) is 0 Å². The van der Waals surface area contributed by atoms with Crippen molar-refractivity contribution in [3.8, 4) is 17.2 Å². The minimum absolute atomic E-state index is 0.0568. The molecule has 0 saturated heterocycles. The summed E-state index contributed by atoms with van der Waals surface area (Å²) in [7, 11) is 0. The Labute approximate surface area is 108 Å². The second-order valence-electron chi connectivity index (χ2n) is 3.44. The third-order valence-corrected chi connectivity index (χ3v) is 2.96. The van der Waals surface area contributed by atoms with Crippen LogP contribution in [0.1, 0.15) is 5.56 Å². The van der Waals surface area contributed by atoms with Crippen LogP contribution in [0.3, 0.4) is 0 Å². The zero-order valence-corrected chi connectivity index (χ0v) is 10.1. The summed E-state index contributed by atoms with van der Waals surface area (Å²) in [6.45, 7) is 0. The van der Waals surface area contributed by atoms with Gasteiger partial charge in [-0.25, -0.2) is 4.39 Å². The summed E-state index contributed by atoms with van der Waals surface area (Å²) < 4.78 is 13.3. The molecule has 0 heterocycles. The van der Waals surface area contributed by atoms with E-state index in [4.69, 9.17) is 28.5 Å². The van der Waals surface area contributed by atoms with Crippen LogP contribution in [0.15, 0.2) is 36.4 Å². The van der Waals surface area contributed by atoms with Crippen molar-refractivity contribution < 1.29 is 4.39 Å². The average molecular weight is 266 g/mol. The van der Waals surface area contributed by atoms with Crippen LogP contribution < -0.4 is 0 Å². The molecular weight excluding hydrogens is 260 g/mol. The number of hydrogen-bond donors (Lipinski definition) is 0. The van der Waals surface area contributed by atoms with Gasteiger partial charge in [0.25, 0.3) is 0 Å². The van der Waals surface area contributed by atoms with Gasteiger partial charge >= 0.3 is 0 Å². The van der Waals surface area contributed by atoms with Crippen LogP contribution in [0.2, 0.25) is 10.0 Å². The number of halogens is 3. The molecule has 17 heavy (non-hydrogen) atoms. The molecule has 0 bridgehead atoms. The molecule has 4 heteroatoms. The largest absolute Gasteiger partial charge is 0.205 e. The highest BCUT2D eigenvalue weighted by atomic mass is 35.5. The van der Waals surface area contributed by atoms with Crippen LogP contribution in [-0.4, -0.2) is 0 Å².